The Morgan fingerprint density at radius 3 is 2.22 bits per heavy atom. The van der Waals surface area contributed by atoms with Crippen LogP contribution in [0.3, 0.4) is 0 Å². The molecule has 1 aliphatic rings. The highest BCUT2D eigenvalue weighted by atomic mass is 19.1. The molecular weight excluding hydrogens is 230 g/mol. The Morgan fingerprint density at radius 1 is 1.17 bits per heavy atom. The van der Waals surface area contributed by atoms with Crippen LogP contribution in [0.25, 0.3) is 6.08 Å². The largest absolute Gasteiger partial charge is 0.495 e. The maximum atomic E-state index is 13.4. The smallest absolute Gasteiger partial charge is 0.399 e. The van der Waals surface area contributed by atoms with E-state index in [0.717, 1.165) is 5.56 Å². The van der Waals surface area contributed by atoms with Gasteiger partial charge in [-0.25, -0.2) is 4.39 Å². The fourth-order valence-electron chi connectivity index (χ4n) is 1.91. The van der Waals surface area contributed by atoms with E-state index in [1.807, 2.05) is 27.7 Å². The molecule has 2 rings (SSSR count). The lowest BCUT2D eigenvalue weighted by molar-refractivity contribution is 0.00578. The fraction of sp³-hybridized carbons (Fsp3) is 0.429. The highest BCUT2D eigenvalue weighted by Gasteiger charge is 2.52. The van der Waals surface area contributed by atoms with Gasteiger partial charge >= 0.3 is 7.12 Å². The van der Waals surface area contributed by atoms with Crippen LogP contribution in [0, 0.1) is 5.82 Å². The first-order valence-corrected chi connectivity index (χ1v) is 6.04. The minimum absolute atomic E-state index is 0.301. The first-order valence-electron chi connectivity index (χ1n) is 6.04. The van der Waals surface area contributed by atoms with Gasteiger partial charge in [-0.15, -0.1) is 0 Å². The molecule has 1 aromatic carbocycles. The molecule has 0 aliphatic carbocycles. The van der Waals surface area contributed by atoms with Gasteiger partial charge in [0, 0.05) is 0 Å². The van der Waals surface area contributed by atoms with Gasteiger partial charge in [-0.3, -0.25) is 0 Å². The van der Waals surface area contributed by atoms with Crippen molar-refractivity contribution in [3.8, 4) is 0 Å². The molecule has 2 nitrogen and oxygen atoms in total. The Labute approximate surface area is 108 Å². The summed E-state index contributed by atoms with van der Waals surface area (Å²) in [5, 5.41) is 0. The van der Waals surface area contributed by atoms with Gasteiger partial charge in [0.15, 0.2) is 0 Å². The molecule has 0 unspecified atom stereocenters. The third-order valence-corrected chi connectivity index (χ3v) is 3.78. The van der Waals surface area contributed by atoms with Gasteiger partial charge in [0.25, 0.3) is 0 Å². The summed E-state index contributed by atoms with van der Waals surface area (Å²) in [6.07, 6.45) is 1.68. The molecule has 1 aromatic rings. The highest BCUT2D eigenvalue weighted by molar-refractivity contribution is 6.63. The van der Waals surface area contributed by atoms with Crippen molar-refractivity contribution < 1.29 is 13.7 Å². The van der Waals surface area contributed by atoms with E-state index in [1.54, 1.807) is 12.1 Å². The molecule has 0 radical (unpaired) electrons. The second-order valence-electron chi connectivity index (χ2n) is 5.57. The lowest BCUT2D eigenvalue weighted by Gasteiger charge is -2.32. The average Bonchev–Trinajstić information content (AvgIpc) is 2.48. The maximum Gasteiger partial charge on any atom is 0.495 e. The second kappa shape index (κ2) is 4.21. The van der Waals surface area contributed by atoms with E-state index in [2.05, 4.69) is 6.58 Å². The van der Waals surface area contributed by atoms with Crippen LogP contribution < -0.4 is 5.46 Å². The number of halogens is 1. The van der Waals surface area contributed by atoms with E-state index in [4.69, 9.17) is 9.31 Å². The summed E-state index contributed by atoms with van der Waals surface area (Å²) in [6.45, 7) is 11.6. The van der Waals surface area contributed by atoms with Crippen LogP contribution in [0.15, 0.2) is 24.8 Å². The van der Waals surface area contributed by atoms with Gasteiger partial charge in [0.1, 0.15) is 5.82 Å². The Morgan fingerprint density at radius 2 is 1.72 bits per heavy atom. The lowest BCUT2D eigenvalue weighted by Crippen LogP contribution is -2.41. The van der Waals surface area contributed by atoms with E-state index < -0.39 is 18.3 Å². The zero-order chi connectivity index (χ0) is 13.6. The first-order chi connectivity index (χ1) is 8.27. The van der Waals surface area contributed by atoms with Gasteiger partial charge in [-0.1, -0.05) is 18.7 Å². The summed E-state index contributed by atoms with van der Waals surface area (Å²) in [7, 11) is -0.557. The average molecular weight is 248 g/mol. The van der Waals surface area contributed by atoms with Crippen molar-refractivity contribution in [2.45, 2.75) is 38.9 Å². The molecule has 0 aromatic heterocycles. The number of hydrogen-bond acceptors (Lipinski definition) is 2. The first kappa shape index (κ1) is 13.3. The molecule has 18 heavy (non-hydrogen) atoms. The summed E-state index contributed by atoms with van der Waals surface area (Å²) in [5.74, 6) is -0.301. The quantitative estimate of drug-likeness (QED) is 0.749. The standard InChI is InChI=1S/C14H18BFO2/c1-6-10-7-8-11(16)9-12(10)15-17-13(2,3)14(4,5)18-15/h6-9H,1H2,2-5H3. The van der Waals surface area contributed by atoms with Gasteiger partial charge in [-0.2, -0.15) is 0 Å². The van der Waals surface area contributed by atoms with Crippen LogP contribution in [0.1, 0.15) is 33.3 Å². The van der Waals surface area contributed by atoms with Gasteiger partial charge < -0.3 is 9.31 Å². The van der Waals surface area contributed by atoms with E-state index in [0.29, 0.717) is 5.46 Å². The van der Waals surface area contributed by atoms with Crippen molar-refractivity contribution in [1.82, 2.24) is 0 Å². The van der Waals surface area contributed by atoms with Crippen molar-refractivity contribution in [2.24, 2.45) is 0 Å². The summed E-state index contributed by atoms with van der Waals surface area (Å²) >= 11 is 0. The molecule has 4 heteroatoms. The molecular formula is C14H18BFO2. The van der Waals surface area contributed by atoms with Crippen LogP contribution in [-0.4, -0.2) is 18.3 Å². The van der Waals surface area contributed by atoms with Crippen molar-refractivity contribution in [1.29, 1.82) is 0 Å². The third-order valence-electron chi connectivity index (χ3n) is 3.78. The Balaban J connectivity index is 2.40. The minimum Gasteiger partial charge on any atom is -0.399 e. The van der Waals surface area contributed by atoms with Crippen LogP contribution in [0.2, 0.25) is 0 Å². The molecule has 1 aliphatic heterocycles. The molecule has 0 atom stereocenters. The van der Waals surface area contributed by atoms with Crippen molar-refractivity contribution in [3.63, 3.8) is 0 Å². The van der Waals surface area contributed by atoms with E-state index in [1.165, 1.54) is 12.1 Å². The van der Waals surface area contributed by atoms with Crippen LogP contribution >= 0.6 is 0 Å². The maximum absolute atomic E-state index is 13.4. The molecule has 0 amide bonds. The molecule has 0 N–H and O–H groups in total. The lowest BCUT2D eigenvalue weighted by atomic mass is 9.76. The monoisotopic (exact) mass is 248 g/mol. The predicted molar refractivity (Wildman–Crippen MR) is 72.2 cm³/mol. The molecule has 1 saturated heterocycles. The molecule has 0 spiro atoms. The summed E-state index contributed by atoms with van der Waals surface area (Å²) in [5.41, 5.74) is 0.656. The number of rotatable bonds is 2. The topological polar surface area (TPSA) is 18.5 Å². The second-order valence-corrected chi connectivity index (χ2v) is 5.57. The normalized spacial score (nSPS) is 21.1. The van der Waals surface area contributed by atoms with Crippen LogP contribution in [-0.2, 0) is 9.31 Å². The SMILES string of the molecule is C=Cc1ccc(F)cc1B1OC(C)(C)C(C)(C)O1. The van der Waals surface area contributed by atoms with Gasteiger partial charge in [-0.05, 0) is 50.9 Å². The van der Waals surface area contributed by atoms with Crippen molar-refractivity contribution in [3.05, 3.63) is 36.2 Å². The highest BCUT2D eigenvalue weighted by Crippen LogP contribution is 2.36. The van der Waals surface area contributed by atoms with Crippen LogP contribution in [0.5, 0.6) is 0 Å². The van der Waals surface area contributed by atoms with Gasteiger partial charge in [0.2, 0.25) is 0 Å². The number of benzene rings is 1. The molecule has 0 saturated carbocycles. The van der Waals surface area contributed by atoms with E-state index in [-0.39, 0.29) is 5.82 Å². The Kier molecular flexibility index (Phi) is 3.12. The van der Waals surface area contributed by atoms with E-state index in [9.17, 15) is 4.39 Å². The zero-order valence-corrected chi connectivity index (χ0v) is 11.3. The molecule has 96 valence electrons. The summed E-state index contributed by atoms with van der Waals surface area (Å²) in [6, 6.07) is 4.54. The van der Waals surface area contributed by atoms with Crippen molar-refractivity contribution >= 4 is 18.7 Å². The Hall–Kier alpha value is -1.13. The van der Waals surface area contributed by atoms with Crippen molar-refractivity contribution in [2.75, 3.05) is 0 Å². The predicted octanol–water partition coefficient (Wildman–Crippen LogP) is 2.77. The molecule has 1 fully saturated rings. The number of hydrogen-bond donors (Lipinski definition) is 0. The van der Waals surface area contributed by atoms with Crippen LogP contribution in [0.4, 0.5) is 4.39 Å². The fourth-order valence-corrected chi connectivity index (χ4v) is 1.91. The minimum atomic E-state index is -0.557. The molecule has 0 bridgehead atoms. The Bertz CT molecular complexity index is 467. The zero-order valence-electron chi connectivity index (χ0n) is 11.3. The van der Waals surface area contributed by atoms with E-state index >= 15 is 0 Å². The molecule has 1 heterocycles. The summed E-state index contributed by atoms with van der Waals surface area (Å²) < 4.78 is 25.2. The van der Waals surface area contributed by atoms with Gasteiger partial charge in [0.05, 0.1) is 11.2 Å². The third kappa shape index (κ3) is 2.11. The summed E-state index contributed by atoms with van der Waals surface area (Å²) in [4.78, 5) is 0.